The van der Waals surface area contributed by atoms with Gasteiger partial charge in [-0.15, -0.1) is 0 Å². The van der Waals surface area contributed by atoms with Crippen molar-refractivity contribution in [3.8, 4) is 11.5 Å². The van der Waals surface area contributed by atoms with E-state index in [0.29, 0.717) is 32.0 Å². The van der Waals surface area contributed by atoms with Crippen LogP contribution in [0.15, 0.2) is 41.3 Å². The minimum atomic E-state index is -0.358. The number of nitrogens with zero attached hydrogens (tertiary/aromatic N) is 1. The maximum atomic E-state index is 12.6. The normalized spacial score (nSPS) is 17.5. The molecule has 0 aromatic heterocycles. The molecule has 0 saturated carbocycles. The molecule has 26 heavy (non-hydrogen) atoms. The highest BCUT2D eigenvalue weighted by atomic mass is 35.5. The van der Waals surface area contributed by atoms with Gasteiger partial charge in [0, 0.05) is 11.1 Å². The summed E-state index contributed by atoms with van der Waals surface area (Å²) in [6.45, 7) is 0.320. The highest BCUT2D eigenvalue weighted by Crippen LogP contribution is 2.40. The Bertz CT molecular complexity index is 943. The predicted molar refractivity (Wildman–Crippen MR) is 101 cm³/mol. The highest BCUT2D eigenvalue weighted by molar-refractivity contribution is 8.18. The fraction of sp³-hybridized carbons (Fsp3) is 0.111. The van der Waals surface area contributed by atoms with Crippen molar-refractivity contribution >= 4 is 52.2 Å². The SMILES string of the molecule is O=C1S/C(=C\c2cc3c(cc2Cl)OCO3)C(=O)N1Cc1ccc(Cl)cc1. The van der Waals surface area contributed by atoms with Gasteiger partial charge in [0.1, 0.15) is 0 Å². The molecular weight excluding hydrogens is 397 g/mol. The van der Waals surface area contributed by atoms with E-state index in [2.05, 4.69) is 0 Å². The van der Waals surface area contributed by atoms with Gasteiger partial charge in [-0.1, -0.05) is 35.3 Å². The number of imide groups is 1. The summed E-state index contributed by atoms with van der Waals surface area (Å²) in [5.74, 6) is 0.757. The van der Waals surface area contributed by atoms with E-state index in [4.69, 9.17) is 32.7 Å². The molecule has 2 aliphatic heterocycles. The average Bonchev–Trinajstić information content (AvgIpc) is 3.16. The Hall–Kier alpha value is -2.15. The number of benzene rings is 2. The Labute approximate surface area is 163 Å². The number of amides is 2. The topological polar surface area (TPSA) is 55.8 Å². The molecule has 0 bridgehead atoms. The van der Waals surface area contributed by atoms with Crippen LogP contribution in [-0.2, 0) is 11.3 Å². The van der Waals surface area contributed by atoms with Gasteiger partial charge < -0.3 is 9.47 Å². The number of ether oxygens (including phenoxy) is 2. The third-order valence-electron chi connectivity index (χ3n) is 3.91. The lowest BCUT2D eigenvalue weighted by atomic mass is 10.1. The number of halogens is 2. The van der Waals surface area contributed by atoms with Crippen molar-refractivity contribution in [2.24, 2.45) is 0 Å². The Morgan fingerprint density at radius 2 is 1.77 bits per heavy atom. The Morgan fingerprint density at radius 1 is 1.08 bits per heavy atom. The van der Waals surface area contributed by atoms with E-state index in [1.54, 1.807) is 42.5 Å². The molecule has 0 N–H and O–H groups in total. The molecule has 8 heteroatoms. The van der Waals surface area contributed by atoms with Crippen LogP contribution in [0.5, 0.6) is 11.5 Å². The molecule has 0 spiro atoms. The molecule has 5 nitrogen and oxygen atoms in total. The van der Waals surface area contributed by atoms with E-state index >= 15 is 0 Å². The van der Waals surface area contributed by atoms with Crippen LogP contribution in [0.25, 0.3) is 6.08 Å². The summed E-state index contributed by atoms with van der Waals surface area (Å²) in [6.07, 6.45) is 1.59. The molecule has 0 atom stereocenters. The summed E-state index contributed by atoms with van der Waals surface area (Å²) in [4.78, 5) is 26.4. The molecule has 1 fully saturated rings. The van der Waals surface area contributed by atoms with Crippen LogP contribution in [0, 0.1) is 0 Å². The second kappa shape index (κ2) is 6.87. The Morgan fingerprint density at radius 3 is 2.50 bits per heavy atom. The van der Waals surface area contributed by atoms with Crippen LogP contribution in [0.3, 0.4) is 0 Å². The van der Waals surface area contributed by atoms with Gasteiger partial charge >= 0.3 is 0 Å². The zero-order chi connectivity index (χ0) is 18.3. The van der Waals surface area contributed by atoms with Gasteiger partial charge in [0.2, 0.25) is 6.79 Å². The zero-order valence-electron chi connectivity index (χ0n) is 13.2. The maximum absolute atomic E-state index is 12.6. The lowest BCUT2D eigenvalue weighted by molar-refractivity contribution is -0.123. The number of thioether (sulfide) groups is 1. The first-order valence-electron chi connectivity index (χ1n) is 7.60. The molecule has 0 radical (unpaired) electrons. The van der Waals surface area contributed by atoms with Gasteiger partial charge in [0.05, 0.1) is 16.5 Å². The van der Waals surface area contributed by atoms with E-state index in [1.807, 2.05) is 0 Å². The minimum Gasteiger partial charge on any atom is -0.454 e. The first-order valence-corrected chi connectivity index (χ1v) is 9.17. The molecule has 132 valence electrons. The summed E-state index contributed by atoms with van der Waals surface area (Å²) in [7, 11) is 0. The number of fused-ring (bicyclic) bond motifs is 1. The molecular formula is C18H11Cl2NO4S. The first kappa shape index (κ1) is 17.3. The lowest BCUT2D eigenvalue weighted by Gasteiger charge is -2.12. The molecule has 1 saturated heterocycles. The van der Waals surface area contributed by atoms with Crippen molar-refractivity contribution in [2.75, 3.05) is 6.79 Å². The zero-order valence-corrected chi connectivity index (χ0v) is 15.5. The van der Waals surface area contributed by atoms with E-state index in [1.165, 1.54) is 4.90 Å². The van der Waals surface area contributed by atoms with Gasteiger partial charge in [-0.3, -0.25) is 14.5 Å². The quantitative estimate of drug-likeness (QED) is 0.672. The van der Waals surface area contributed by atoms with Crippen molar-refractivity contribution in [3.63, 3.8) is 0 Å². The largest absolute Gasteiger partial charge is 0.454 e. The van der Waals surface area contributed by atoms with E-state index in [0.717, 1.165) is 17.3 Å². The average molecular weight is 408 g/mol. The summed E-state index contributed by atoms with van der Waals surface area (Å²) < 4.78 is 10.6. The number of hydrogen-bond acceptors (Lipinski definition) is 5. The van der Waals surface area contributed by atoms with E-state index in [-0.39, 0.29) is 24.5 Å². The van der Waals surface area contributed by atoms with Gasteiger partial charge in [-0.25, -0.2) is 0 Å². The van der Waals surface area contributed by atoms with Gasteiger partial charge in [0.15, 0.2) is 11.5 Å². The molecule has 2 aliphatic rings. The molecule has 4 rings (SSSR count). The molecule has 0 aliphatic carbocycles. The van der Waals surface area contributed by atoms with Crippen LogP contribution >= 0.6 is 35.0 Å². The fourth-order valence-electron chi connectivity index (χ4n) is 2.59. The van der Waals surface area contributed by atoms with Crippen LogP contribution in [0.1, 0.15) is 11.1 Å². The number of rotatable bonds is 3. The maximum Gasteiger partial charge on any atom is 0.293 e. The third kappa shape index (κ3) is 3.28. The molecule has 2 amide bonds. The summed E-state index contributed by atoms with van der Waals surface area (Å²) >= 11 is 13.0. The first-order chi connectivity index (χ1) is 12.5. The predicted octanol–water partition coefficient (Wildman–Crippen LogP) is 4.96. The molecule has 0 unspecified atom stereocenters. The smallest absolute Gasteiger partial charge is 0.293 e. The summed E-state index contributed by atoms with van der Waals surface area (Å²) in [6, 6.07) is 10.3. The summed E-state index contributed by atoms with van der Waals surface area (Å²) in [5, 5.41) is 0.687. The van der Waals surface area contributed by atoms with Gasteiger partial charge in [-0.2, -0.15) is 0 Å². The van der Waals surface area contributed by atoms with Crippen molar-refractivity contribution in [3.05, 3.63) is 62.5 Å². The Balaban J connectivity index is 1.59. The molecule has 2 heterocycles. The van der Waals surface area contributed by atoms with Crippen molar-refractivity contribution in [1.82, 2.24) is 4.90 Å². The summed E-state index contributed by atoms with van der Waals surface area (Å²) in [5.41, 5.74) is 1.41. The van der Waals surface area contributed by atoms with Crippen molar-refractivity contribution in [1.29, 1.82) is 0 Å². The van der Waals surface area contributed by atoms with Crippen LogP contribution in [-0.4, -0.2) is 22.8 Å². The highest BCUT2D eigenvalue weighted by Gasteiger charge is 2.35. The second-order valence-corrected chi connectivity index (χ2v) is 7.46. The second-order valence-electron chi connectivity index (χ2n) is 5.62. The number of carbonyl (C=O) groups is 2. The molecule has 2 aromatic rings. The third-order valence-corrected chi connectivity index (χ3v) is 5.39. The number of carbonyl (C=O) groups excluding carboxylic acids is 2. The van der Waals surface area contributed by atoms with E-state index in [9.17, 15) is 9.59 Å². The Kier molecular flexibility index (Phi) is 4.56. The monoisotopic (exact) mass is 407 g/mol. The lowest BCUT2D eigenvalue weighted by Crippen LogP contribution is -2.27. The standard InChI is InChI=1S/C18H11Cl2NO4S/c19-12-3-1-10(2-4-12)8-21-17(22)16(26-18(21)23)6-11-5-14-15(7-13(11)20)25-9-24-14/h1-7H,8-9H2/b16-6-. The fourth-order valence-corrected chi connectivity index (χ4v) is 3.76. The van der Waals surface area contributed by atoms with Crippen molar-refractivity contribution < 1.29 is 19.1 Å². The minimum absolute atomic E-state index is 0.132. The van der Waals surface area contributed by atoms with Crippen LogP contribution < -0.4 is 9.47 Å². The van der Waals surface area contributed by atoms with Gasteiger partial charge in [0.25, 0.3) is 11.1 Å². The van der Waals surface area contributed by atoms with Crippen LogP contribution in [0.4, 0.5) is 4.79 Å². The van der Waals surface area contributed by atoms with Crippen LogP contribution in [0.2, 0.25) is 10.0 Å². The van der Waals surface area contributed by atoms with Crippen molar-refractivity contribution in [2.45, 2.75) is 6.54 Å². The molecule has 2 aromatic carbocycles. The number of hydrogen-bond donors (Lipinski definition) is 0. The van der Waals surface area contributed by atoms with Gasteiger partial charge in [-0.05, 0) is 47.2 Å². The van der Waals surface area contributed by atoms with E-state index < -0.39 is 0 Å².